The van der Waals surface area contributed by atoms with Crippen molar-refractivity contribution < 1.29 is 14.4 Å². The van der Waals surface area contributed by atoms with E-state index in [-0.39, 0.29) is 5.89 Å². The van der Waals surface area contributed by atoms with Crippen LogP contribution in [0.25, 0.3) is 0 Å². The predicted molar refractivity (Wildman–Crippen MR) is 60.1 cm³/mol. The van der Waals surface area contributed by atoms with E-state index < -0.39 is 17.7 Å². The van der Waals surface area contributed by atoms with Crippen LogP contribution in [0.3, 0.4) is 0 Å². The highest BCUT2D eigenvalue weighted by atomic mass is 16.5. The van der Waals surface area contributed by atoms with Crippen molar-refractivity contribution in [3.05, 3.63) is 11.7 Å². The topological polar surface area (TPSA) is 94.4 Å². The molecule has 0 aromatic carbocycles. The van der Waals surface area contributed by atoms with Crippen molar-refractivity contribution in [1.82, 2.24) is 10.1 Å². The van der Waals surface area contributed by atoms with E-state index >= 15 is 0 Å². The molecule has 1 heterocycles. The maximum atomic E-state index is 9.39. The molecular formula is C11H19N3O3. The van der Waals surface area contributed by atoms with Crippen molar-refractivity contribution in [2.45, 2.75) is 50.4 Å². The molecule has 1 saturated carbocycles. The number of aliphatic hydroxyl groups excluding tert-OH is 1. The summed E-state index contributed by atoms with van der Waals surface area (Å²) in [4.78, 5) is 4.27. The number of aromatic nitrogens is 2. The van der Waals surface area contributed by atoms with Crippen LogP contribution in [0.2, 0.25) is 0 Å². The second-order valence-corrected chi connectivity index (χ2v) is 4.63. The summed E-state index contributed by atoms with van der Waals surface area (Å²) in [6.45, 7) is 1.59. The van der Waals surface area contributed by atoms with E-state index in [1.165, 1.54) is 0 Å². The zero-order valence-electron chi connectivity index (χ0n) is 10.2. The summed E-state index contributed by atoms with van der Waals surface area (Å²) in [5.41, 5.74) is 5.32. The third-order valence-corrected chi connectivity index (χ3v) is 3.46. The van der Waals surface area contributed by atoms with E-state index in [2.05, 4.69) is 10.1 Å². The summed E-state index contributed by atoms with van der Waals surface area (Å²) >= 11 is 0. The van der Waals surface area contributed by atoms with Crippen LogP contribution in [-0.4, -0.2) is 28.5 Å². The maximum Gasteiger partial charge on any atom is 0.246 e. The highest BCUT2D eigenvalue weighted by Crippen LogP contribution is 2.40. The minimum Gasteiger partial charge on any atom is -0.391 e. The van der Waals surface area contributed by atoms with E-state index in [9.17, 15) is 5.11 Å². The van der Waals surface area contributed by atoms with Crippen LogP contribution in [0.15, 0.2) is 4.52 Å². The standard InChI is InChI=1S/C11H19N3O3/c1-7(15)8(12)9-13-10(14-17-9)11(16-2)5-3-4-6-11/h7-8,15H,3-6,12H2,1-2H3/t7-,8+/m1/s1. The van der Waals surface area contributed by atoms with Gasteiger partial charge in [-0.3, -0.25) is 0 Å². The van der Waals surface area contributed by atoms with E-state index in [0.29, 0.717) is 5.82 Å². The number of hydrogen-bond donors (Lipinski definition) is 2. The van der Waals surface area contributed by atoms with Crippen LogP contribution in [0.4, 0.5) is 0 Å². The van der Waals surface area contributed by atoms with Gasteiger partial charge < -0.3 is 20.1 Å². The van der Waals surface area contributed by atoms with Gasteiger partial charge in [0, 0.05) is 7.11 Å². The highest BCUT2D eigenvalue weighted by Gasteiger charge is 2.40. The van der Waals surface area contributed by atoms with Crippen molar-refractivity contribution >= 4 is 0 Å². The van der Waals surface area contributed by atoms with Gasteiger partial charge in [0.15, 0.2) is 0 Å². The Morgan fingerprint density at radius 1 is 1.47 bits per heavy atom. The van der Waals surface area contributed by atoms with Crippen LogP contribution in [-0.2, 0) is 10.3 Å². The maximum absolute atomic E-state index is 9.39. The van der Waals surface area contributed by atoms with E-state index in [1.807, 2.05) is 0 Å². The molecule has 0 spiro atoms. The SMILES string of the molecule is COC1(c2noc([C@@H](N)[C@@H](C)O)n2)CCCC1. The summed E-state index contributed by atoms with van der Waals surface area (Å²) in [6, 6.07) is -0.647. The Labute approximate surface area is 100 Å². The predicted octanol–water partition coefficient (Wildman–Crippen LogP) is 0.866. The van der Waals surface area contributed by atoms with Crippen molar-refractivity contribution in [3.63, 3.8) is 0 Å². The number of nitrogens with two attached hydrogens (primary N) is 1. The van der Waals surface area contributed by atoms with Gasteiger partial charge in [0.1, 0.15) is 11.6 Å². The van der Waals surface area contributed by atoms with Gasteiger partial charge >= 0.3 is 0 Å². The van der Waals surface area contributed by atoms with Crippen molar-refractivity contribution in [2.24, 2.45) is 5.73 Å². The molecule has 2 rings (SSSR count). The number of rotatable bonds is 4. The number of aliphatic hydroxyl groups is 1. The molecule has 1 aliphatic carbocycles. The van der Waals surface area contributed by atoms with Gasteiger partial charge in [-0.2, -0.15) is 4.98 Å². The quantitative estimate of drug-likeness (QED) is 0.812. The fraction of sp³-hybridized carbons (Fsp3) is 0.818. The first kappa shape index (κ1) is 12.5. The molecule has 1 aromatic rings. The van der Waals surface area contributed by atoms with Crippen molar-refractivity contribution in [3.8, 4) is 0 Å². The molecule has 0 saturated heterocycles. The normalized spacial score (nSPS) is 22.6. The molecule has 2 atom stereocenters. The Bertz CT molecular complexity index is 372. The molecule has 0 amide bonds. The zero-order chi connectivity index (χ0) is 12.5. The lowest BCUT2D eigenvalue weighted by molar-refractivity contribution is -0.0178. The highest BCUT2D eigenvalue weighted by molar-refractivity contribution is 5.06. The third-order valence-electron chi connectivity index (χ3n) is 3.46. The van der Waals surface area contributed by atoms with Gasteiger partial charge in [0.05, 0.1) is 6.10 Å². The number of ether oxygens (including phenoxy) is 1. The lowest BCUT2D eigenvalue weighted by Gasteiger charge is -2.22. The fourth-order valence-corrected chi connectivity index (χ4v) is 2.23. The first-order chi connectivity index (χ1) is 8.09. The Morgan fingerprint density at radius 3 is 2.65 bits per heavy atom. The molecule has 1 aliphatic rings. The van der Waals surface area contributed by atoms with Gasteiger partial charge in [-0.25, -0.2) is 0 Å². The molecule has 0 bridgehead atoms. The summed E-state index contributed by atoms with van der Waals surface area (Å²) in [7, 11) is 1.66. The Morgan fingerprint density at radius 2 is 2.12 bits per heavy atom. The molecule has 0 aliphatic heterocycles. The Balaban J connectivity index is 2.22. The van der Waals surface area contributed by atoms with Crippen LogP contribution in [0, 0.1) is 0 Å². The van der Waals surface area contributed by atoms with Crippen molar-refractivity contribution in [2.75, 3.05) is 7.11 Å². The summed E-state index contributed by atoms with van der Waals surface area (Å²) in [6.07, 6.45) is 3.27. The average molecular weight is 241 g/mol. The first-order valence-corrected chi connectivity index (χ1v) is 5.92. The number of nitrogens with zero attached hydrogens (tertiary/aromatic N) is 2. The summed E-state index contributed by atoms with van der Waals surface area (Å²) in [5, 5.41) is 13.3. The lowest BCUT2D eigenvalue weighted by Crippen LogP contribution is -2.27. The van der Waals surface area contributed by atoms with Gasteiger partial charge in [0.25, 0.3) is 0 Å². The largest absolute Gasteiger partial charge is 0.391 e. The number of methoxy groups -OCH3 is 1. The second-order valence-electron chi connectivity index (χ2n) is 4.63. The van der Waals surface area contributed by atoms with Gasteiger partial charge in [-0.05, 0) is 32.6 Å². The van der Waals surface area contributed by atoms with Crippen LogP contribution in [0.5, 0.6) is 0 Å². The molecule has 6 nitrogen and oxygen atoms in total. The third kappa shape index (κ3) is 2.20. The molecular weight excluding hydrogens is 222 g/mol. The van der Waals surface area contributed by atoms with Gasteiger partial charge in [-0.15, -0.1) is 0 Å². The van der Waals surface area contributed by atoms with Gasteiger partial charge in [-0.1, -0.05) is 5.16 Å². The monoisotopic (exact) mass is 241 g/mol. The van der Waals surface area contributed by atoms with Crippen molar-refractivity contribution in [1.29, 1.82) is 0 Å². The molecule has 17 heavy (non-hydrogen) atoms. The lowest BCUT2D eigenvalue weighted by atomic mass is 10.0. The Hall–Kier alpha value is -0.980. The molecule has 1 fully saturated rings. The molecule has 0 unspecified atom stereocenters. The molecule has 0 radical (unpaired) electrons. The second kappa shape index (κ2) is 4.72. The molecule has 96 valence electrons. The fourth-order valence-electron chi connectivity index (χ4n) is 2.23. The van der Waals surface area contributed by atoms with Crippen LogP contribution in [0.1, 0.15) is 50.4 Å². The Kier molecular flexibility index (Phi) is 3.46. The molecule has 3 N–H and O–H groups in total. The smallest absolute Gasteiger partial charge is 0.246 e. The summed E-state index contributed by atoms with van der Waals surface area (Å²) < 4.78 is 10.7. The zero-order valence-corrected chi connectivity index (χ0v) is 10.2. The first-order valence-electron chi connectivity index (χ1n) is 5.92. The van der Waals surface area contributed by atoms with Crippen LogP contribution >= 0.6 is 0 Å². The van der Waals surface area contributed by atoms with E-state index in [0.717, 1.165) is 25.7 Å². The van der Waals surface area contributed by atoms with Gasteiger partial charge in [0.2, 0.25) is 11.7 Å². The minimum atomic E-state index is -0.717. The van der Waals surface area contributed by atoms with Crippen LogP contribution < -0.4 is 5.73 Å². The number of hydrogen-bond acceptors (Lipinski definition) is 6. The molecule has 6 heteroatoms. The van der Waals surface area contributed by atoms with E-state index in [1.54, 1.807) is 14.0 Å². The molecule has 1 aromatic heterocycles. The minimum absolute atomic E-state index is 0.262. The average Bonchev–Trinajstić information content (AvgIpc) is 2.97. The van der Waals surface area contributed by atoms with E-state index in [4.69, 9.17) is 15.0 Å². The summed E-state index contributed by atoms with van der Waals surface area (Å²) in [5.74, 6) is 0.807.